The minimum Gasteiger partial charge on any atom is -0.495 e. The van der Waals surface area contributed by atoms with E-state index < -0.39 is 12.2 Å². The second-order valence-electron chi connectivity index (χ2n) is 6.91. The second-order valence-corrected chi connectivity index (χ2v) is 6.91. The molecule has 2 saturated heterocycles. The number of benzene rings is 1. The van der Waals surface area contributed by atoms with Gasteiger partial charge < -0.3 is 24.2 Å². The maximum Gasteiger partial charge on any atom is 0.414 e. The third-order valence-electron chi connectivity index (χ3n) is 4.99. The first-order valence-corrected chi connectivity index (χ1v) is 9.15. The van der Waals surface area contributed by atoms with Crippen LogP contribution in [0.4, 0.5) is 15.3 Å². The number of carbonyl (C=O) groups is 2. The summed E-state index contributed by atoms with van der Waals surface area (Å²) in [6.45, 7) is 0.497. The zero-order valence-corrected chi connectivity index (χ0v) is 16.1. The summed E-state index contributed by atoms with van der Waals surface area (Å²) in [6.07, 6.45) is -0.0873. The highest BCUT2D eigenvalue weighted by Gasteiger charge is 2.33. The molecule has 9 nitrogen and oxygen atoms in total. The predicted octanol–water partition coefficient (Wildman–Crippen LogP) is 2.20. The topological polar surface area (TPSA) is 101 Å². The van der Waals surface area contributed by atoms with Crippen LogP contribution in [0.2, 0.25) is 0 Å². The number of pyridine rings is 1. The lowest BCUT2D eigenvalue weighted by Gasteiger charge is -2.17. The molecule has 29 heavy (non-hydrogen) atoms. The summed E-state index contributed by atoms with van der Waals surface area (Å²) < 4.78 is 15.9. The Balaban J connectivity index is 1.56. The second kappa shape index (κ2) is 7.59. The molecular formula is C20H21N3O6. The number of amides is 2. The molecule has 4 rings (SSSR count). The van der Waals surface area contributed by atoms with Crippen LogP contribution in [-0.2, 0) is 9.47 Å². The van der Waals surface area contributed by atoms with Crippen LogP contribution in [0.3, 0.4) is 0 Å². The first-order chi connectivity index (χ1) is 14.0. The van der Waals surface area contributed by atoms with Gasteiger partial charge in [0.25, 0.3) is 0 Å². The van der Waals surface area contributed by atoms with Crippen LogP contribution in [0.15, 0.2) is 36.5 Å². The van der Waals surface area contributed by atoms with E-state index in [1.165, 1.54) is 16.9 Å². The van der Waals surface area contributed by atoms with Gasteiger partial charge in [0, 0.05) is 18.8 Å². The minimum absolute atomic E-state index is 0.229. The molecule has 2 unspecified atom stereocenters. The molecule has 0 aliphatic carbocycles. The summed E-state index contributed by atoms with van der Waals surface area (Å²) in [7, 11) is 3.21. The molecule has 2 aliphatic rings. The smallest absolute Gasteiger partial charge is 0.414 e. The molecule has 152 valence electrons. The summed E-state index contributed by atoms with van der Waals surface area (Å²) in [6, 6.07) is 9.18. The number of cyclic esters (lactones) is 2. The van der Waals surface area contributed by atoms with Gasteiger partial charge in [0.1, 0.15) is 11.9 Å². The molecule has 2 aromatic rings. The van der Waals surface area contributed by atoms with Crippen molar-refractivity contribution in [2.75, 3.05) is 38.8 Å². The van der Waals surface area contributed by atoms with Gasteiger partial charge >= 0.3 is 12.2 Å². The molecule has 1 N–H and O–H groups in total. The normalized spacial score (nSPS) is 21.3. The molecule has 3 heterocycles. The fourth-order valence-electron chi connectivity index (χ4n) is 3.39. The number of likely N-dealkylation sites (N-methyl/N-ethyl adjacent to an activating group) is 1. The molecule has 0 spiro atoms. The first kappa shape index (κ1) is 19.0. The highest BCUT2D eigenvalue weighted by atomic mass is 16.6. The van der Waals surface area contributed by atoms with Gasteiger partial charge in [-0.3, -0.25) is 9.88 Å². The monoisotopic (exact) mass is 399 g/mol. The van der Waals surface area contributed by atoms with E-state index in [4.69, 9.17) is 14.2 Å². The van der Waals surface area contributed by atoms with Crippen LogP contribution >= 0.6 is 0 Å². The van der Waals surface area contributed by atoms with Crippen molar-refractivity contribution in [2.45, 2.75) is 12.2 Å². The Morgan fingerprint density at radius 2 is 1.93 bits per heavy atom. The number of rotatable bonds is 5. The molecule has 2 atom stereocenters. The van der Waals surface area contributed by atoms with Crippen molar-refractivity contribution in [3.8, 4) is 16.9 Å². The molecule has 1 aromatic heterocycles. The minimum atomic E-state index is -0.549. The lowest BCUT2D eigenvalue weighted by atomic mass is 10.1. The van der Waals surface area contributed by atoms with Crippen molar-refractivity contribution in [3.05, 3.63) is 42.2 Å². The molecule has 0 bridgehead atoms. The fraction of sp³-hybridized carbons (Fsp3) is 0.350. The number of aliphatic hydroxyl groups is 1. The third-order valence-corrected chi connectivity index (χ3v) is 4.99. The van der Waals surface area contributed by atoms with E-state index in [1.54, 1.807) is 19.3 Å². The average molecular weight is 399 g/mol. The Hall–Kier alpha value is -3.33. The number of methoxy groups -OCH3 is 1. The Morgan fingerprint density at radius 3 is 2.52 bits per heavy atom. The fourth-order valence-corrected chi connectivity index (χ4v) is 3.39. The molecule has 2 aliphatic heterocycles. The van der Waals surface area contributed by atoms with Crippen molar-refractivity contribution in [1.29, 1.82) is 0 Å². The van der Waals surface area contributed by atoms with Crippen molar-refractivity contribution >= 4 is 17.9 Å². The molecule has 0 saturated carbocycles. The summed E-state index contributed by atoms with van der Waals surface area (Å²) in [5.74, 6) is 0.508. The van der Waals surface area contributed by atoms with Gasteiger partial charge in [-0.15, -0.1) is 0 Å². The first-order valence-electron chi connectivity index (χ1n) is 9.15. The van der Waals surface area contributed by atoms with Gasteiger partial charge in [-0.25, -0.2) is 9.59 Å². The van der Waals surface area contributed by atoms with E-state index in [1.807, 2.05) is 24.3 Å². The number of ether oxygens (including phenoxy) is 3. The van der Waals surface area contributed by atoms with Crippen LogP contribution in [0.1, 0.15) is 11.8 Å². The highest BCUT2D eigenvalue weighted by molar-refractivity contribution is 5.92. The molecule has 0 radical (unpaired) electrons. The maximum absolute atomic E-state index is 12.1. The molecular weight excluding hydrogens is 378 g/mol. The Labute approximate surface area is 167 Å². The van der Waals surface area contributed by atoms with E-state index in [9.17, 15) is 14.7 Å². The predicted molar refractivity (Wildman–Crippen MR) is 103 cm³/mol. The lowest BCUT2D eigenvalue weighted by Crippen LogP contribution is -2.25. The van der Waals surface area contributed by atoms with E-state index >= 15 is 0 Å². The maximum atomic E-state index is 12.1. The zero-order valence-electron chi connectivity index (χ0n) is 16.1. The molecule has 2 fully saturated rings. The van der Waals surface area contributed by atoms with Crippen LogP contribution in [0.25, 0.3) is 11.1 Å². The largest absolute Gasteiger partial charge is 0.495 e. The number of hydrogen-bond acceptors (Lipinski definition) is 7. The Morgan fingerprint density at radius 1 is 1.14 bits per heavy atom. The van der Waals surface area contributed by atoms with Crippen molar-refractivity contribution < 1.29 is 28.9 Å². The summed E-state index contributed by atoms with van der Waals surface area (Å²) in [5, 5.41) is 9.23. The Kier molecular flexibility index (Phi) is 4.98. The number of anilines is 1. The van der Waals surface area contributed by atoms with Crippen LogP contribution in [-0.4, -0.2) is 67.1 Å². The number of aromatic nitrogens is 1. The van der Waals surface area contributed by atoms with Crippen LogP contribution in [0, 0.1) is 0 Å². The Bertz CT molecular complexity index is 932. The van der Waals surface area contributed by atoms with E-state index in [0.717, 1.165) is 11.1 Å². The number of hydrogen-bond donors (Lipinski definition) is 1. The van der Waals surface area contributed by atoms with Gasteiger partial charge in [-0.1, -0.05) is 12.1 Å². The van der Waals surface area contributed by atoms with Crippen LogP contribution < -0.4 is 9.64 Å². The number of carbonyl (C=O) groups excluding carboxylic acids is 2. The van der Waals surface area contributed by atoms with Gasteiger partial charge in [0.2, 0.25) is 0 Å². The van der Waals surface area contributed by atoms with E-state index in [2.05, 4.69) is 4.98 Å². The summed E-state index contributed by atoms with van der Waals surface area (Å²) >= 11 is 0. The van der Waals surface area contributed by atoms with Crippen molar-refractivity contribution in [1.82, 2.24) is 9.88 Å². The summed E-state index contributed by atoms with van der Waals surface area (Å²) in [5.41, 5.74) is 2.97. The quantitative estimate of drug-likeness (QED) is 0.822. The average Bonchev–Trinajstić information content (AvgIpc) is 3.29. The lowest BCUT2D eigenvalue weighted by molar-refractivity contribution is 0.0963. The molecule has 2 amide bonds. The molecule has 1 aromatic carbocycles. The van der Waals surface area contributed by atoms with E-state index in [0.29, 0.717) is 23.7 Å². The van der Waals surface area contributed by atoms with Crippen LogP contribution in [0.5, 0.6) is 5.75 Å². The van der Waals surface area contributed by atoms with Crippen molar-refractivity contribution in [3.63, 3.8) is 0 Å². The number of aliphatic hydroxyl groups excluding tert-OH is 1. The molecule has 9 heteroatoms. The standard InChI is InChI=1S/C20H21N3O6/c1-22-10-18(29-19(22)25)15-5-3-13(8-21-15)12-4-6-16(17(7-12)27-2)23-9-14(11-24)28-20(23)26/h3-8,14,18,24H,9-11H2,1-2H3. The van der Waals surface area contributed by atoms with Gasteiger partial charge in [0.05, 0.1) is 38.2 Å². The van der Waals surface area contributed by atoms with Crippen molar-refractivity contribution in [2.24, 2.45) is 0 Å². The SMILES string of the molecule is COc1cc(-c2ccc(C3CN(C)C(=O)O3)nc2)ccc1N1CC(CO)OC1=O. The number of nitrogens with zero attached hydrogens (tertiary/aromatic N) is 3. The zero-order chi connectivity index (χ0) is 20.5. The van der Waals surface area contributed by atoms with Gasteiger partial charge in [-0.05, 0) is 23.8 Å². The summed E-state index contributed by atoms with van der Waals surface area (Å²) in [4.78, 5) is 31.0. The van der Waals surface area contributed by atoms with Gasteiger partial charge in [-0.2, -0.15) is 0 Å². The third kappa shape index (κ3) is 3.56. The highest BCUT2D eigenvalue weighted by Crippen LogP contribution is 2.35. The van der Waals surface area contributed by atoms with Gasteiger partial charge in [0.15, 0.2) is 6.10 Å². The van der Waals surface area contributed by atoms with E-state index in [-0.39, 0.29) is 25.3 Å².